The van der Waals surface area contributed by atoms with Gasteiger partial charge >= 0.3 is 17.9 Å². The van der Waals surface area contributed by atoms with Gasteiger partial charge in [0.1, 0.15) is 22.5 Å². The minimum atomic E-state index is -1.33. The number of benzene rings is 1. The van der Waals surface area contributed by atoms with Gasteiger partial charge < -0.3 is 29.6 Å². The second kappa shape index (κ2) is 16.4. The monoisotopic (exact) mass is 551 g/mol. The van der Waals surface area contributed by atoms with E-state index in [1.54, 1.807) is 27.7 Å². The maximum Gasteiger partial charge on any atom is 0.327 e. The van der Waals surface area contributed by atoms with Crippen molar-refractivity contribution >= 4 is 17.9 Å². The summed E-state index contributed by atoms with van der Waals surface area (Å²) in [6.45, 7) is 17.5. The molecular formula is C29H49N3O7. The number of nitrogens with one attached hydrogen (secondary N) is 3. The topological polar surface area (TPSA) is 124 Å². The Kier molecular flexibility index (Phi) is 14.5. The quantitative estimate of drug-likeness (QED) is 0.151. The van der Waals surface area contributed by atoms with Gasteiger partial charge in [-0.25, -0.2) is 4.79 Å². The van der Waals surface area contributed by atoms with E-state index >= 15 is 0 Å². The summed E-state index contributed by atoms with van der Waals surface area (Å²) in [5, 5.41) is 9.62. The van der Waals surface area contributed by atoms with Crippen molar-refractivity contribution in [2.24, 2.45) is 0 Å². The van der Waals surface area contributed by atoms with Crippen LogP contribution >= 0.6 is 0 Å². The van der Waals surface area contributed by atoms with Crippen molar-refractivity contribution in [3.05, 3.63) is 29.8 Å². The highest BCUT2D eigenvalue weighted by atomic mass is 16.6. The molecule has 0 heterocycles. The molecule has 10 heteroatoms. The molecule has 0 saturated heterocycles. The molecule has 0 aromatic heterocycles. The molecule has 0 aliphatic carbocycles. The molecule has 39 heavy (non-hydrogen) atoms. The van der Waals surface area contributed by atoms with E-state index in [-0.39, 0.29) is 32.0 Å². The maximum atomic E-state index is 13.6. The lowest BCUT2D eigenvalue weighted by molar-refractivity contribution is -0.167. The third kappa shape index (κ3) is 14.9. The number of rotatable bonds is 17. The van der Waals surface area contributed by atoms with Crippen LogP contribution in [0.5, 0.6) is 5.75 Å². The van der Waals surface area contributed by atoms with Crippen molar-refractivity contribution in [3.8, 4) is 5.75 Å². The summed E-state index contributed by atoms with van der Waals surface area (Å²) >= 11 is 0. The van der Waals surface area contributed by atoms with Gasteiger partial charge in [-0.3, -0.25) is 14.9 Å². The van der Waals surface area contributed by atoms with Gasteiger partial charge in [0.2, 0.25) is 0 Å². The zero-order valence-electron chi connectivity index (χ0n) is 25.0. The van der Waals surface area contributed by atoms with E-state index < -0.39 is 28.7 Å². The molecule has 1 atom stereocenters. The Bertz CT molecular complexity index is 892. The third-order valence-electron chi connectivity index (χ3n) is 5.21. The van der Waals surface area contributed by atoms with Crippen LogP contribution in [0.3, 0.4) is 0 Å². The predicted octanol–water partition coefficient (Wildman–Crippen LogP) is 2.77. The highest BCUT2D eigenvalue weighted by molar-refractivity contribution is 5.87. The standard InChI is InChI=1S/C29H49N3O7/c1-9-36-23-13-11-22(12-14-23)19-29(20-24(33)37-10-2,26(35)39-28(6,7)8)32-18-17-30-15-16-31-21-25(34)38-27(3,4)5/h11-14,30-32H,9-10,15-21H2,1-8H3. The lowest BCUT2D eigenvalue weighted by Crippen LogP contribution is -2.58. The first-order valence-corrected chi connectivity index (χ1v) is 13.7. The SMILES string of the molecule is CCOC(=O)CC(Cc1ccc(OCC)cc1)(NCCNCCNCC(=O)OC(C)(C)C)C(=O)OC(C)(C)C. The molecule has 1 aromatic rings. The minimum absolute atomic E-state index is 0.126. The fraction of sp³-hybridized carbons (Fsp3) is 0.690. The lowest BCUT2D eigenvalue weighted by atomic mass is 9.86. The first-order chi connectivity index (χ1) is 18.2. The summed E-state index contributed by atoms with van der Waals surface area (Å²) in [5.41, 5.74) is -1.74. The van der Waals surface area contributed by atoms with Gasteiger partial charge in [-0.05, 0) is 73.1 Å². The Morgan fingerprint density at radius 2 is 1.33 bits per heavy atom. The molecule has 0 spiro atoms. The van der Waals surface area contributed by atoms with Crippen LogP contribution in [-0.2, 0) is 35.0 Å². The summed E-state index contributed by atoms with van der Waals surface area (Å²) < 4.78 is 21.8. The van der Waals surface area contributed by atoms with Crippen molar-refractivity contribution < 1.29 is 33.3 Å². The van der Waals surface area contributed by atoms with Crippen LogP contribution < -0.4 is 20.7 Å². The summed E-state index contributed by atoms with van der Waals surface area (Å²) in [6, 6.07) is 7.45. The van der Waals surface area contributed by atoms with Gasteiger partial charge in [0.25, 0.3) is 0 Å². The van der Waals surface area contributed by atoms with E-state index in [1.807, 2.05) is 52.0 Å². The molecule has 0 radical (unpaired) electrons. The number of hydrogen-bond acceptors (Lipinski definition) is 10. The van der Waals surface area contributed by atoms with Gasteiger partial charge in [0.05, 0.1) is 26.2 Å². The number of carbonyl (C=O) groups excluding carboxylic acids is 3. The first kappa shape index (κ1) is 34.3. The van der Waals surface area contributed by atoms with E-state index in [1.165, 1.54) is 0 Å². The molecule has 10 nitrogen and oxygen atoms in total. The van der Waals surface area contributed by atoms with Crippen molar-refractivity contribution in [2.75, 3.05) is 45.9 Å². The molecule has 1 aromatic carbocycles. The van der Waals surface area contributed by atoms with Gasteiger partial charge in [0, 0.05) is 32.6 Å². The first-order valence-electron chi connectivity index (χ1n) is 13.7. The fourth-order valence-electron chi connectivity index (χ4n) is 3.72. The van der Waals surface area contributed by atoms with Gasteiger partial charge in [-0.2, -0.15) is 0 Å². The highest BCUT2D eigenvalue weighted by Gasteiger charge is 2.44. The Labute approximate surface area is 233 Å². The van der Waals surface area contributed by atoms with Gasteiger partial charge in [-0.1, -0.05) is 12.1 Å². The number of hydrogen-bond donors (Lipinski definition) is 3. The summed E-state index contributed by atoms with van der Waals surface area (Å²) in [5.74, 6) is -0.580. The molecule has 3 N–H and O–H groups in total. The van der Waals surface area contributed by atoms with Gasteiger partial charge in [0.15, 0.2) is 0 Å². The van der Waals surface area contributed by atoms with E-state index in [4.69, 9.17) is 18.9 Å². The van der Waals surface area contributed by atoms with Crippen molar-refractivity contribution in [3.63, 3.8) is 0 Å². The molecular weight excluding hydrogens is 502 g/mol. The average molecular weight is 552 g/mol. The van der Waals surface area contributed by atoms with Crippen LogP contribution in [0.15, 0.2) is 24.3 Å². The minimum Gasteiger partial charge on any atom is -0.494 e. The molecule has 222 valence electrons. The summed E-state index contributed by atoms with van der Waals surface area (Å²) in [7, 11) is 0. The second-order valence-electron chi connectivity index (χ2n) is 11.3. The Morgan fingerprint density at radius 3 is 1.90 bits per heavy atom. The van der Waals surface area contributed by atoms with Crippen LogP contribution in [0.25, 0.3) is 0 Å². The van der Waals surface area contributed by atoms with Crippen LogP contribution in [-0.4, -0.2) is 80.6 Å². The highest BCUT2D eigenvalue weighted by Crippen LogP contribution is 2.25. The number of carbonyl (C=O) groups is 3. The molecule has 1 unspecified atom stereocenters. The Hall–Kier alpha value is -2.69. The molecule has 0 amide bonds. The lowest BCUT2D eigenvalue weighted by Gasteiger charge is -2.35. The molecule has 0 bridgehead atoms. The normalized spacial score (nSPS) is 13.3. The molecule has 1 rings (SSSR count). The van der Waals surface area contributed by atoms with E-state index in [9.17, 15) is 14.4 Å². The Morgan fingerprint density at radius 1 is 0.744 bits per heavy atom. The van der Waals surface area contributed by atoms with Gasteiger partial charge in [-0.15, -0.1) is 0 Å². The van der Waals surface area contributed by atoms with Crippen molar-refractivity contribution in [1.82, 2.24) is 16.0 Å². The van der Waals surface area contributed by atoms with Crippen LogP contribution in [0, 0.1) is 0 Å². The zero-order chi connectivity index (χ0) is 29.5. The second-order valence-corrected chi connectivity index (χ2v) is 11.3. The smallest absolute Gasteiger partial charge is 0.327 e. The fourth-order valence-corrected chi connectivity index (χ4v) is 3.72. The van der Waals surface area contributed by atoms with E-state index in [0.29, 0.717) is 32.8 Å². The van der Waals surface area contributed by atoms with Crippen molar-refractivity contribution in [2.45, 2.75) is 85.0 Å². The summed E-state index contributed by atoms with van der Waals surface area (Å²) in [6.07, 6.45) is 0.0466. The van der Waals surface area contributed by atoms with Crippen LogP contribution in [0.1, 0.15) is 67.4 Å². The summed E-state index contributed by atoms with van der Waals surface area (Å²) in [4.78, 5) is 38.0. The zero-order valence-corrected chi connectivity index (χ0v) is 25.0. The van der Waals surface area contributed by atoms with Crippen LogP contribution in [0.2, 0.25) is 0 Å². The molecule has 0 aliphatic rings. The largest absolute Gasteiger partial charge is 0.494 e. The van der Waals surface area contributed by atoms with E-state index in [2.05, 4.69) is 16.0 Å². The molecule has 0 aliphatic heterocycles. The number of esters is 3. The molecule has 0 fully saturated rings. The Balaban J connectivity index is 2.88. The van der Waals surface area contributed by atoms with Crippen molar-refractivity contribution in [1.29, 1.82) is 0 Å². The average Bonchev–Trinajstić information content (AvgIpc) is 2.80. The maximum absolute atomic E-state index is 13.6. The van der Waals surface area contributed by atoms with E-state index in [0.717, 1.165) is 11.3 Å². The van der Waals surface area contributed by atoms with Crippen LogP contribution in [0.4, 0.5) is 0 Å². The third-order valence-corrected chi connectivity index (χ3v) is 5.21. The molecule has 0 saturated carbocycles. The predicted molar refractivity (Wildman–Crippen MR) is 151 cm³/mol. The number of ether oxygens (including phenoxy) is 4.